The number of ether oxygens (including phenoxy) is 1. The van der Waals surface area contributed by atoms with Gasteiger partial charge >= 0.3 is 6.18 Å². The maximum absolute atomic E-state index is 12.8. The number of anilines is 1. The van der Waals surface area contributed by atoms with Crippen molar-refractivity contribution in [1.29, 1.82) is 5.41 Å². The van der Waals surface area contributed by atoms with Gasteiger partial charge in [-0.25, -0.2) is 4.98 Å². The first-order valence-corrected chi connectivity index (χ1v) is 6.53. The Morgan fingerprint density at radius 1 is 1.48 bits per heavy atom. The lowest BCUT2D eigenvalue weighted by molar-refractivity contribution is -0.141. The average molecular weight is 302 g/mol. The van der Waals surface area contributed by atoms with Crippen LogP contribution in [-0.2, 0) is 10.9 Å². The van der Waals surface area contributed by atoms with E-state index in [1.54, 1.807) is 12.0 Å². The van der Waals surface area contributed by atoms with E-state index in [1.165, 1.54) is 6.07 Å². The fourth-order valence-electron chi connectivity index (χ4n) is 2.38. The molecule has 1 aliphatic heterocycles. The molecule has 0 bridgehead atoms. The van der Waals surface area contributed by atoms with Crippen molar-refractivity contribution in [2.75, 3.05) is 25.1 Å². The first-order valence-electron chi connectivity index (χ1n) is 6.53. The number of pyridine rings is 1. The van der Waals surface area contributed by atoms with Crippen LogP contribution in [-0.4, -0.2) is 37.1 Å². The predicted molar refractivity (Wildman–Crippen MR) is 72.5 cm³/mol. The third-order valence-corrected chi connectivity index (χ3v) is 3.47. The first-order chi connectivity index (χ1) is 9.82. The molecule has 1 aromatic heterocycles. The van der Waals surface area contributed by atoms with Crippen LogP contribution >= 0.6 is 0 Å². The zero-order valence-corrected chi connectivity index (χ0v) is 11.6. The molecule has 0 aliphatic carbocycles. The van der Waals surface area contributed by atoms with E-state index in [0.29, 0.717) is 13.1 Å². The summed E-state index contributed by atoms with van der Waals surface area (Å²) >= 11 is 0. The second-order valence-electron chi connectivity index (χ2n) is 4.93. The van der Waals surface area contributed by atoms with Crippen LogP contribution in [0, 0.1) is 5.41 Å². The fraction of sp³-hybridized carbons (Fsp3) is 0.538. The molecule has 2 heterocycles. The van der Waals surface area contributed by atoms with Crippen molar-refractivity contribution in [2.45, 2.75) is 25.1 Å². The van der Waals surface area contributed by atoms with Gasteiger partial charge in [0.25, 0.3) is 0 Å². The highest BCUT2D eigenvalue weighted by Gasteiger charge is 2.34. The summed E-state index contributed by atoms with van der Waals surface area (Å²) in [4.78, 5) is 5.38. The van der Waals surface area contributed by atoms with Crippen molar-refractivity contribution < 1.29 is 17.9 Å². The molecule has 1 atom stereocenters. The molecular formula is C13H17F3N4O. The number of alkyl halides is 3. The zero-order valence-electron chi connectivity index (χ0n) is 11.6. The standard InChI is InChI=1S/C13H17F3N4O/c1-21-8-3-2-6-20(7-8)12-9(11(17)18)4-5-10(19-12)13(14,15)16/h4-5,8H,2-3,6-7H2,1H3,(H3,17,18). The van der Waals surface area contributed by atoms with Gasteiger partial charge in [-0.2, -0.15) is 13.2 Å². The van der Waals surface area contributed by atoms with Crippen LogP contribution in [0.1, 0.15) is 24.1 Å². The molecule has 1 saturated heterocycles. The van der Waals surface area contributed by atoms with E-state index in [4.69, 9.17) is 15.9 Å². The molecule has 0 aromatic carbocycles. The number of aromatic nitrogens is 1. The second-order valence-corrected chi connectivity index (χ2v) is 4.93. The molecule has 0 radical (unpaired) electrons. The third-order valence-electron chi connectivity index (χ3n) is 3.47. The Hall–Kier alpha value is -1.83. The van der Waals surface area contributed by atoms with Crippen LogP contribution in [0.2, 0.25) is 0 Å². The number of rotatable bonds is 3. The topological polar surface area (TPSA) is 75.2 Å². The zero-order chi connectivity index (χ0) is 15.6. The second kappa shape index (κ2) is 5.88. The quantitative estimate of drug-likeness (QED) is 0.661. The maximum Gasteiger partial charge on any atom is 0.433 e. The Bertz CT molecular complexity index is 533. The van der Waals surface area contributed by atoms with E-state index in [-0.39, 0.29) is 23.3 Å². The molecule has 2 rings (SSSR count). The normalized spacial score (nSPS) is 19.6. The molecular weight excluding hydrogens is 285 g/mol. The van der Waals surface area contributed by atoms with E-state index < -0.39 is 11.9 Å². The number of nitrogens with two attached hydrogens (primary N) is 1. The molecule has 3 N–H and O–H groups in total. The predicted octanol–water partition coefficient (Wildman–Crippen LogP) is 2.00. The van der Waals surface area contributed by atoms with Crippen molar-refractivity contribution in [3.63, 3.8) is 0 Å². The van der Waals surface area contributed by atoms with Crippen LogP contribution in [0.5, 0.6) is 0 Å². The van der Waals surface area contributed by atoms with Crippen molar-refractivity contribution in [2.24, 2.45) is 5.73 Å². The maximum atomic E-state index is 12.8. The van der Waals surface area contributed by atoms with Crippen molar-refractivity contribution in [3.05, 3.63) is 23.4 Å². The van der Waals surface area contributed by atoms with Crippen LogP contribution < -0.4 is 10.6 Å². The third kappa shape index (κ3) is 3.44. The van der Waals surface area contributed by atoms with E-state index in [0.717, 1.165) is 18.9 Å². The summed E-state index contributed by atoms with van der Waals surface area (Å²) < 4.78 is 43.7. The first kappa shape index (κ1) is 15.6. The Labute approximate surface area is 120 Å². The number of halogens is 3. The summed E-state index contributed by atoms with van der Waals surface area (Å²) in [6, 6.07) is 2.04. The minimum atomic E-state index is -4.53. The summed E-state index contributed by atoms with van der Waals surface area (Å²) in [5.74, 6) is -0.204. The molecule has 1 unspecified atom stereocenters. The molecule has 0 spiro atoms. The number of piperidine rings is 1. The number of nitrogens with one attached hydrogen (secondary N) is 1. The molecule has 0 saturated carbocycles. The van der Waals surface area contributed by atoms with Crippen LogP contribution in [0.25, 0.3) is 0 Å². The lowest BCUT2D eigenvalue weighted by Gasteiger charge is -2.34. The van der Waals surface area contributed by atoms with Crippen LogP contribution in [0.3, 0.4) is 0 Å². The van der Waals surface area contributed by atoms with Crippen molar-refractivity contribution in [3.8, 4) is 0 Å². The van der Waals surface area contributed by atoms with Gasteiger partial charge in [-0.1, -0.05) is 0 Å². The molecule has 8 heteroatoms. The Morgan fingerprint density at radius 2 is 2.19 bits per heavy atom. The van der Waals surface area contributed by atoms with E-state index >= 15 is 0 Å². The minimum absolute atomic E-state index is 0.0603. The lowest BCUT2D eigenvalue weighted by atomic mass is 10.1. The SMILES string of the molecule is COC1CCCN(c2nc(C(F)(F)F)ccc2C(=N)N)C1. The van der Waals surface area contributed by atoms with Gasteiger partial charge in [-0.3, -0.25) is 5.41 Å². The Kier molecular flexibility index (Phi) is 4.36. The molecule has 1 aromatic rings. The fourth-order valence-corrected chi connectivity index (χ4v) is 2.38. The van der Waals surface area contributed by atoms with Gasteiger partial charge < -0.3 is 15.4 Å². The van der Waals surface area contributed by atoms with E-state index in [1.807, 2.05) is 0 Å². The summed E-state index contributed by atoms with van der Waals surface area (Å²) in [7, 11) is 1.57. The van der Waals surface area contributed by atoms with Gasteiger partial charge in [0.2, 0.25) is 0 Å². The minimum Gasteiger partial charge on any atom is -0.384 e. The van der Waals surface area contributed by atoms with Gasteiger partial charge in [0, 0.05) is 20.2 Å². The number of methoxy groups -OCH3 is 1. The largest absolute Gasteiger partial charge is 0.433 e. The van der Waals surface area contributed by atoms with Gasteiger partial charge in [-0.15, -0.1) is 0 Å². The van der Waals surface area contributed by atoms with Crippen molar-refractivity contribution in [1.82, 2.24) is 4.98 Å². The average Bonchev–Trinajstić information content (AvgIpc) is 2.45. The molecule has 0 amide bonds. The Morgan fingerprint density at radius 3 is 2.76 bits per heavy atom. The molecule has 21 heavy (non-hydrogen) atoms. The number of nitrogen functional groups attached to an aromatic ring is 1. The number of amidine groups is 1. The van der Waals surface area contributed by atoms with Gasteiger partial charge in [0.15, 0.2) is 0 Å². The van der Waals surface area contributed by atoms with Gasteiger partial charge in [-0.05, 0) is 25.0 Å². The molecule has 5 nitrogen and oxygen atoms in total. The van der Waals surface area contributed by atoms with E-state index in [2.05, 4.69) is 4.98 Å². The smallest absolute Gasteiger partial charge is 0.384 e. The Balaban J connectivity index is 2.41. The monoisotopic (exact) mass is 302 g/mol. The summed E-state index contributed by atoms with van der Waals surface area (Å²) in [5, 5.41) is 7.52. The lowest BCUT2D eigenvalue weighted by Crippen LogP contribution is -2.41. The highest BCUT2D eigenvalue weighted by molar-refractivity contribution is 5.99. The van der Waals surface area contributed by atoms with Crippen LogP contribution in [0.4, 0.5) is 19.0 Å². The number of hydrogen-bond donors (Lipinski definition) is 2. The number of nitrogens with zero attached hydrogens (tertiary/aromatic N) is 2. The summed E-state index contributed by atoms with van der Waals surface area (Å²) in [6.07, 6.45) is -2.95. The van der Waals surface area contributed by atoms with Crippen molar-refractivity contribution >= 4 is 11.7 Å². The summed E-state index contributed by atoms with van der Waals surface area (Å²) in [6.45, 7) is 1.000. The van der Waals surface area contributed by atoms with Gasteiger partial charge in [0.05, 0.1) is 11.7 Å². The molecule has 116 valence electrons. The number of hydrogen-bond acceptors (Lipinski definition) is 4. The molecule has 1 fully saturated rings. The highest BCUT2D eigenvalue weighted by Crippen LogP contribution is 2.31. The van der Waals surface area contributed by atoms with Gasteiger partial charge in [0.1, 0.15) is 17.3 Å². The van der Waals surface area contributed by atoms with Crippen LogP contribution in [0.15, 0.2) is 12.1 Å². The van der Waals surface area contributed by atoms with E-state index in [9.17, 15) is 13.2 Å². The highest BCUT2D eigenvalue weighted by atomic mass is 19.4. The molecule has 1 aliphatic rings. The summed E-state index contributed by atoms with van der Waals surface area (Å²) in [5.41, 5.74) is 4.68.